The van der Waals surface area contributed by atoms with Crippen molar-refractivity contribution in [3.05, 3.63) is 0 Å². The Balaban J connectivity index is 1.70. The number of hydrogen-bond acceptors (Lipinski definition) is 3. The van der Waals surface area contributed by atoms with Crippen LogP contribution >= 0.6 is 0 Å². The van der Waals surface area contributed by atoms with Crippen LogP contribution in [-0.4, -0.2) is 30.7 Å². The van der Waals surface area contributed by atoms with Gasteiger partial charge in [0.2, 0.25) is 0 Å². The molecule has 1 heterocycles. The topological polar surface area (TPSA) is 38.7 Å². The summed E-state index contributed by atoms with van der Waals surface area (Å²) in [7, 11) is 0. The molecule has 1 N–H and O–H groups in total. The van der Waals surface area contributed by atoms with Crippen LogP contribution in [0.4, 0.5) is 0 Å². The average molecular weight is 254 g/mol. The Kier molecular flexibility index (Phi) is 3.00. The fourth-order valence-corrected chi connectivity index (χ4v) is 4.28. The third-order valence-corrected chi connectivity index (χ3v) is 5.34. The summed E-state index contributed by atoms with van der Waals surface area (Å²) in [5.41, 5.74) is 0.145. The highest BCUT2D eigenvalue weighted by atomic mass is 16.7. The molecular formula is C15H26O3. The van der Waals surface area contributed by atoms with Crippen molar-refractivity contribution in [2.24, 2.45) is 29.1 Å². The molecule has 18 heavy (non-hydrogen) atoms. The van der Waals surface area contributed by atoms with E-state index in [1.54, 1.807) is 0 Å². The summed E-state index contributed by atoms with van der Waals surface area (Å²) in [5, 5.41) is 9.57. The molecule has 0 amide bonds. The quantitative estimate of drug-likeness (QED) is 0.781. The van der Waals surface area contributed by atoms with E-state index in [-0.39, 0.29) is 11.2 Å². The molecule has 0 unspecified atom stereocenters. The van der Waals surface area contributed by atoms with Gasteiger partial charge in [0.1, 0.15) is 0 Å². The molecule has 1 aliphatic heterocycles. The first-order valence-corrected chi connectivity index (χ1v) is 7.33. The maximum Gasteiger partial charge on any atom is 0.168 e. The van der Waals surface area contributed by atoms with Crippen molar-refractivity contribution >= 4 is 0 Å². The first-order chi connectivity index (χ1) is 8.45. The van der Waals surface area contributed by atoms with Gasteiger partial charge in [-0.2, -0.15) is 0 Å². The van der Waals surface area contributed by atoms with Crippen LogP contribution < -0.4 is 0 Å². The minimum atomic E-state index is -0.321. The van der Waals surface area contributed by atoms with E-state index in [9.17, 15) is 5.11 Å². The Labute approximate surface area is 110 Å². The highest BCUT2D eigenvalue weighted by molar-refractivity contribution is 5.00. The Morgan fingerprint density at radius 2 is 1.83 bits per heavy atom. The van der Waals surface area contributed by atoms with Gasteiger partial charge in [0.25, 0.3) is 0 Å². The predicted molar refractivity (Wildman–Crippen MR) is 69.0 cm³/mol. The van der Waals surface area contributed by atoms with E-state index in [1.165, 1.54) is 6.42 Å². The Hall–Kier alpha value is -0.120. The molecule has 4 atom stereocenters. The third-order valence-electron chi connectivity index (χ3n) is 5.34. The second-order valence-electron chi connectivity index (χ2n) is 7.54. The van der Waals surface area contributed by atoms with Crippen LogP contribution in [0, 0.1) is 29.1 Å². The van der Waals surface area contributed by atoms with Crippen molar-refractivity contribution in [1.82, 2.24) is 0 Å². The van der Waals surface area contributed by atoms with Gasteiger partial charge in [-0.1, -0.05) is 20.8 Å². The van der Waals surface area contributed by atoms with Gasteiger partial charge in [-0.15, -0.1) is 0 Å². The summed E-state index contributed by atoms with van der Waals surface area (Å²) in [5.74, 6) is 2.08. The molecule has 3 heteroatoms. The SMILES string of the molecule is C[C@@H]1C[C@@H]2CC3(C[C@@H]2[C@H]1CO)OCC(C)(C)CO3. The highest BCUT2D eigenvalue weighted by Crippen LogP contribution is 2.56. The lowest BCUT2D eigenvalue weighted by atomic mass is 9.88. The maximum atomic E-state index is 9.57. The lowest BCUT2D eigenvalue weighted by molar-refractivity contribution is -0.298. The molecule has 2 aliphatic carbocycles. The largest absolute Gasteiger partial charge is 0.396 e. The van der Waals surface area contributed by atoms with E-state index < -0.39 is 0 Å². The summed E-state index contributed by atoms with van der Waals surface area (Å²) in [4.78, 5) is 0. The second kappa shape index (κ2) is 4.19. The molecule has 104 valence electrons. The zero-order chi connectivity index (χ0) is 13.0. The van der Waals surface area contributed by atoms with Crippen molar-refractivity contribution in [2.45, 2.75) is 45.8 Å². The first kappa shape index (κ1) is 12.9. The zero-order valence-electron chi connectivity index (χ0n) is 11.8. The molecule has 2 saturated carbocycles. The number of aliphatic hydroxyl groups excluding tert-OH is 1. The van der Waals surface area contributed by atoms with Crippen LogP contribution in [0.15, 0.2) is 0 Å². The number of aliphatic hydroxyl groups is 1. The summed E-state index contributed by atoms with van der Waals surface area (Å²) >= 11 is 0. The molecule has 0 aromatic heterocycles. The number of ether oxygens (including phenoxy) is 2. The van der Waals surface area contributed by atoms with Crippen LogP contribution in [0.25, 0.3) is 0 Å². The van der Waals surface area contributed by atoms with Gasteiger partial charge in [-0.05, 0) is 30.1 Å². The van der Waals surface area contributed by atoms with Crippen molar-refractivity contribution in [2.75, 3.05) is 19.8 Å². The summed E-state index contributed by atoms with van der Waals surface area (Å²) in [6, 6.07) is 0. The smallest absolute Gasteiger partial charge is 0.168 e. The molecule has 3 rings (SSSR count). The van der Waals surface area contributed by atoms with E-state index in [0.717, 1.165) is 26.1 Å². The van der Waals surface area contributed by atoms with Gasteiger partial charge in [0.05, 0.1) is 13.2 Å². The Morgan fingerprint density at radius 1 is 1.17 bits per heavy atom. The fraction of sp³-hybridized carbons (Fsp3) is 1.00. The third kappa shape index (κ3) is 2.00. The van der Waals surface area contributed by atoms with Crippen molar-refractivity contribution in [3.63, 3.8) is 0 Å². The van der Waals surface area contributed by atoms with Gasteiger partial charge >= 0.3 is 0 Å². The lowest BCUT2D eigenvalue weighted by Crippen LogP contribution is -2.46. The minimum absolute atomic E-state index is 0.145. The molecule has 0 bridgehead atoms. The van der Waals surface area contributed by atoms with Crippen molar-refractivity contribution < 1.29 is 14.6 Å². The summed E-state index contributed by atoms with van der Waals surface area (Å²) in [6.07, 6.45) is 3.26. The number of rotatable bonds is 1. The molecule has 3 aliphatic rings. The Bertz CT molecular complexity index is 316. The van der Waals surface area contributed by atoms with Crippen LogP contribution in [-0.2, 0) is 9.47 Å². The van der Waals surface area contributed by atoms with E-state index in [4.69, 9.17) is 9.47 Å². The van der Waals surface area contributed by atoms with Crippen molar-refractivity contribution in [1.29, 1.82) is 0 Å². The normalized spacial score (nSPS) is 45.3. The molecule has 0 aromatic carbocycles. The Morgan fingerprint density at radius 3 is 2.44 bits per heavy atom. The molecule has 3 nitrogen and oxygen atoms in total. The van der Waals surface area contributed by atoms with Crippen LogP contribution in [0.1, 0.15) is 40.0 Å². The number of fused-ring (bicyclic) bond motifs is 1. The predicted octanol–water partition coefficient (Wildman–Crippen LogP) is 2.43. The monoisotopic (exact) mass is 254 g/mol. The lowest BCUT2D eigenvalue weighted by Gasteiger charge is -2.42. The van der Waals surface area contributed by atoms with Gasteiger partial charge in [0.15, 0.2) is 5.79 Å². The average Bonchev–Trinajstić information content (AvgIpc) is 2.77. The van der Waals surface area contributed by atoms with E-state index in [2.05, 4.69) is 20.8 Å². The van der Waals surface area contributed by atoms with Gasteiger partial charge < -0.3 is 14.6 Å². The first-order valence-electron chi connectivity index (χ1n) is 7.33. The van der Waals surface area contributed by atoms with Crippen molar-refractivity contribution in [3.8, 4) is 0 Å². The molecular weight excluding hydrogens is 228 g/mol. The van der Waals surface area contributed by atoms with E-state index in [0.29, 0.717) is 30.3 Å². The summed E-state index contributed by atoms with van der Waals surface area (Å²) in [6.45, 7) is 8.57. The van der Waals surface area contributed by atoms with Gasteiger partial charge in [-0.25, -0.2) is 0 Å². The molecule has 0 radical (unpaired) electrons. The molecule has 3 fully saturated rings. The second-order valence-corrected chi connectivity index (χ2v) is 7.54. The minimum Gasteiger partial charge on any atom is -0.396 e. The summed E-state index contributed by atoms with van der Waals surface area (Å²) < 4.78 is 12.2. The van der Waals surface area contributed by atoms with Crippen LogP contribution in [0.5, 0.6) is 0 Å². The van der Waals surface area contributed by atoms with E-state index in [1.807, 2.05) is 0 Å². The van der Waals surface area contributed by atoms with Gasteiger partial charge in [0, 0.05) is 24.9 Å². The maximum absolute atomic E-state index is 9.57. The van der Waals surface area contributed by atoms with Crippen LogP contribution in [0.3, 0.4) is 0 Å². The molecule has 1 saturated heterocycles. The van der Waals surface area contributed by atoms with Crippen LogP contribution in [0.2, 0.25) is 0 Å². The fourth-order valence-electron chi connectivity index (χ4n) is 4.28. The highest BCUT2D eigenvalue weighted by Gasteiger charge is 2.56. The van der Waals surface area contributed by atoms with Gasteiger partial charge in [-0.3, -0.25) is 0 Å². The van der Waals surface area contributed by atoms with E-state index >= 15 is 0 Å². The standard InChI is InChI=1S/C15H26O3/c1-10-4-11-5-15(6-12(11)13(10)7-16)17-8-14(2,3)9-18-15/h10-13,16H,4-9H2,1-3H3/t10-,11-,12+,13+/m1/s1. The number of hydrogen-bond donors (Lipinski definition) is 1. The molecule has 1 spiro atoms. The molecule has 0 aromatic rings. The zero-order valence-corrected chi connectivity index (χ0v) is 11.8.